The molecule has 2 aliphatic heterocycles. The van der Waals surface area contributed by atoms with E-state index < -0.39 is 11.1 Å². The lowest BCUT2D eigenvalue weighted by molar-refractivity contribution is -0.136. The predicted molar refractivity (Wildman–Crippen MR) is 135 cm³/mol. The van der Waals surface area contributed by atoms with E-state index in [9.17, 15) is 14.4 Å². The highest BCUT2D eigenvalue weighted by Crippen LogP contribution is 2.38. The molecule has 2 aromatic rings. The van der Waals surface area contributed by atoms with Crippen molar-refractivity contribution in [2.24, 2.45) is 0 Å². The van der Waals surface area contributed by atoms with E-state index in [0.717, 1.165) is 28.6 Å². The van der Waals surface area contributed by atoms with Crippen molar-refractivity contribution in [2.75, 3.05) is 26.8 Å². The standard InChI is InChI=1S/C25H23BrN2O5S/c1-3-10-33-21-13-19(26)18(11-20(21)32-2)12-22-24(30)28(25(31)34-22)15-23(29)27-9-8-16-6-4-5-7-17(16)14-27/h3-7,11-13H,1,8-10,14-15H2,2H3/b22-12-. The Labute approximate surface area is 210 Å². The lowest BCUT2D eigenvalue weighted by atomic mass is 10.00. The zero-order valence-corrected chi connectivity index (χ0v) is 21.0. The van der Waals surface area contributed by atoms with Crippen LogP contribution in [0.15, 0.2) is 58.4 Å². The van der Waals surface area contributed by atoms with Crippen molar-refractivity contribution >= 4 is 50.8 Å². The molecule has 0 spiro atoms. The molecule has 2 heterocycles. The van der Waals surface area contributed by atoms with Gasteiger partial charge in [0.15, 0.2) is 11.5 Å². The molecule has 7 nitrogen and oxygen atoms in total. The Balaban J connectivity index is 1.48. The molecule has 2 aliphatic rings. The predicted octanol–water partition coefficient (Wildman–Crippen LogP) is 4.64. The number of halogens is 1. The Morgan fingerprint density at radius 3 is 2.71 bits per heavy atom. The number of rotatable bonds is 7. The van der Waals surface area contributed by atoms with Gasteiger partial charge in [0.2, 0.25) is 5.91 Å². The van der Waals surface area contributed by atoms with Crippen LogP contribution in [0.4, 0.5) is 4.79 Å². The zero-order chi connectivity index (χ0) is 24.2. The molecule has 0 unspecified atom stereocenters. The molecule has 34 heavy (non-hydrogen) atoms. The van der Waals surface area contributed by atoms with E-state index in [-0.39, 0.29) is 17.4 Å². The number of thioether (sulfide) groups is 1. The third-order valence-electron chi connectivity index (χ3n) is 5.58. The average molecular weight is 543 g/mol. The third-order valence-corrected chi connectivity index (χ3v) is 7.17. The van der Waals surface area contributed by atoms with Crippen LogP contribution in [0.3, 0.4) is 0 Å². The number of ether oxygens (including phenoxy) is 2. The topological polar surface area (TPSA) is 76.2 Å². The molecule has 0 atom stereocenters. The number of methoxy groups -OCH3 is 1. The fourth-order valence-electron chi connectivity index (χ4n) is 3.80. The first kappa shape index (κ1) is 24.1. The van der Waals surface area contributed by atoms with Gasteiger partial charge in [-0.3, -0.25) is 19.3 Å². The maximum Gasteiger partial charge on any atom is 0.294 e. The molecule has 0 aliphatic carbocycles. The van der Waals surface area contributed by atoms with Crippen LogP contribution < -0.4 is 9.47 Å². The number of amides is 3. The average Bonchev–Trinajstić information content (AvgIpc) is 3.10. The van der Waals surface area contributed by atoms with Crippen LogP contribution in [-0.2, 0) is 22.6 Å². The summed E-state index contributed by atoms with van der Waals surface area (Å²) in [4.78, 5) is 41.4. The number of fused-ring (bicyclic) bond motifs is 1. The van der Waals surface area contributed by atoms with Gasteiger partial charge in [-0.25, -0.2) is 0 Å². The molecule has 0 radical (unpaired) electrons. The normalized spacial score (nSPS) is 16.6. The number of nitrogens with zero attached hydrogens (tertiary/aromatic N) is 2. The van der Waals surface area contributed by atoms with Crippen molar-refractivity contribution in [2.45, 2.75) is 13.0 Å². The molecule has 9 heteroatoms. The van der Waals surface area contributed by atoms with Gasteiger partial charge in [0.25, 0.3) is 11.1 Å². The van der Waals surface area contributed by atoms with Gasteiger partial charge in [-0.1, -0.05) is 52.9 Å². The minimum Gasteiger partial charge on any atom is -0.493 e. The van der Waals surface area contributed by atoms with Crippen LogP contribution in [-0.4, -0.2) is 53.7 Å². The van der Waals surface area contributed by atoms with Crippen LogP contribution in [0, 0.1) is 0 Å². The monoisotopic (exact) mass is 542 g/mol. The van der Waals surface area contributed by atoms with Crippen LogP contribution in [0.1, 0.15) is 16.7 Å². The molecular formula is C25H23BrN2O5S. The van der Waals surface area contributed by atoms with E-state index in [1.165, 1.54) is 12.7 Å². The van der Waals surface area contributed by atoms with Crippen molar-refractivity contribution < 1.29 is 23.9 Å². The van der Waals surface area contributed by atoms with E-state index in [1.54, 1.807) is 29.2 Å². The van der Waals surface area contributed by atoms with E-state index >= 15 is 0 Å². The van der Waals surface area contributed by atoms with E-state index in [2.05, 4.69) is 28.6 Å². The van der Waals surface area contributed by atoms with Crippen molar-refractivity contribution in [1.29, 1.82) is 0 Å². The first-order valence-electron chi connectivity index (χ1n) is 10.6. The van der Waals surface area contributed by atoms with Crippen molar-refractivity contribution in [3.63, 3.8) is 0 Å². The minimum atomic E-state index is -0.487. The van der Waals surface area contributed by atoms with E-state index in [1.807, 2.05) is 18.2 Å². The Hall–Kier alpha value is -3.04. The SMILES string of the molecule is C=CCOc1cc(Br)c(/C=C2\SC(=O)N(CC(=O)N3CCc4ccccc4C3)C2=O)cc1OC. The summed E-state index contributed by atoms with van der Waals surface area (Å²) in [7, 11) is 1.52. The summed E-state index contributed by atoms with van der Waals surface area (Å²) in [5.74, 6) is 0.271. The quantitative estimate of drug-likeness (QED) is 0.374. The molecular weight excluding hydrogens is 520 g/mol. The first-order chi connectivity index (χ1) is 16.4. The van der Waals surface area contributed by atoms with Gasteiger partial charge in [0.1, 0.15) is 13.2 Å². The van der Waals surface area contributed by atoms with Crippen molar-refractivity contribution in [3.05, 3.63) is 75.1 Å². The molecule has 1 fully saturated rings. The molecule has 0 N–H and O–H groups in total. The molecule has 3 amide bonds. The maximum atomic E-state index is 13.0. The second-order valence-electron chi connectivity index (χ2n) is 7.73. The summed E-state index contributed by atoms with van der Waals surface area (Å²) in [5.41, 5.74) is 2.96. The van der Waals surface area contributed by atoms with Crippen LogP contribution >= 0.6 is 27.7 Å². The second kappa shape index (κ2) is 10.5. The van der Waals surface area contributed by atoms with Crippen LogP contribution in [0.25, 0.3) is 6.08 Å². The number of benzene rings is 2. The first-order valence-corrected chi connectivity index (χ1v) is 12.2. The van der Waals surface area contributed by atoms with Crippen molar-refractivity contribution in [3.8, 4) is 11.5 Å². The largest absolute Gasteiger partial charge is 0.493 e. The molecule has 0 bridgehead atoms. The Kier molecular flexibility index (Phi) is 7.43. The fraction of sp³-hybridized carbons (Fsp3) is 0.240. The summed E-state index contributed by atoms with van der Waals surface area (Å²) in [5, 5.41) is -0.462. The number of imide groups is 1. The van der Waals surface area contributed by atoms with Gasteiger partial charge in [-0.2, -0.15) is 0 Å². The summed E-state index contributed by atoms with van der Waals surface area (Å²) < 4.78 is 11.6. The molecule has 2 aromatic carbocycles. The maximum absolute atomic E-state index is 13.0. The van der Waals surface area contributed by atoms with Gasteiger partial charge in [0, 0.05) is 17.6 Å². The molecule has 0 saturated carbocycles. The lowest BCUT2D eigenvalue weighted by Crippen LogP contribution is -2.44. The highest BCUT2D eigenvalue weighted by atomic mass is 79.9. The molecule has 176 valence electrons. The summed E-state index contributed by atoms with van der Waals surface area (Å²) >= 11 is 4.30. The van der Waals surface area contributed by atoms with E-state index in [0.29, 0.717) is 41.2 Å². The fourth-order valence-corrected chi connectivity index (χ4v) is 5.07. The zero-order valence-electron chi connectivity index (χ0n) is 18.6. The van der Waals surface area contributed by atoms with Gasteiger partial charge in [0.05, 0.1) is 12.0 Å². The van der Waals surface area contributed by atoms with Crippen LogP contribution in [0.2, 0.25) is 0 Å². The highest BCUT2D eigenvalue weighted by molar-refractivity contribution is 9.10. The minimum absolute atomic E-state index is 0.240. The Morgan fingerprint density at radius 2 is 1.97 bits per heavy atom. The van der Waals surface area contributed by atoms with Gasteiger partial charge >= 0.3 is 0 Å². The summed E-state index contributed by atoms with van der Waals surface area (Å²) in [6.45, 7) is 4.72. The highest BCUT2D eigenvalue weighted by Gasteiger charge is 2.37. The second-order valence-corrected chi connectivity index (χ2v) is 9.57. The summed E-state index contributed by atoms with van der Waals surface area (Å²) in [6, 6.07) is 11.4. The third kappa shape index (κ3) is 5.05. The molecule has 1 saturated heterocycles. The molecule has 4 rings (SSSR count). The van der Waals surface area contributed by atoms with E-state index in [4.69, 9.17) is 9.47 Å². The Morgan fingerprint density at radius 1 is 1.21 bits per heavy atom. The van der Waals surface area contributed by atoms with Crippen LogP contribution in [0.5, 0.6) is 11.5 Å². The molecule has 0 aromatic heterocycles. The number of hydrogen-bond acceptors (Lipinski definition) is 6. The number of carbonyl (C=O) groups is 3. The van der Waals surface area contributed by atoms with Gasteiger partial charge in [-0.15, -0.1) is 0 Å². The van der Waals surface area contributed by atoms with Gasteiger partial charge < -0.3 is 14.4 Å². The number of carbonyl (C=O) groups excluding carboxylic acids is 3. The lowest BCUT2D eigenvalue weighted by Gasteiger charge is -2.29. The van der Waals surface area contributed by atoms with Crippen molar-refractivity contribution in [1.82, 2.24) is 9.80 Å². The van der Waals surface area contributed by atoms with Gasteiger partial charge in [-0.05, 0) is 53.1 Å². The Bertz CT molecular complexity index is 1200. The smallest absolute Gasteiger partial charge is 0.294 e. The number of hydrogen-bond donors (Lipinski definition) is 0. The summed E-state index contributed by atoms with van der Waals surface area (Å²) in [6.07, 6.45) is 3.99.